The summed E-state index contributed by atoms with van der Waals surface area (Å²) >= 11 is 0. The van der Waals surface area contributed by atoms with Crippen LogP contribution in [-0.4, -0.2) is 37.2 Å². The SMILES string of the molecule is CCCCC/C=C\C/C=C\C/C=C\C/C=C\CCCC(=O)OC[C@@H](COC(=O)CCCCCCCCCCCCCCCCCC)OC(=O)CCCCCCCCCCCCCCCCCC. The Kier molecular flexibility index (Phi) is 53.8. The predicted molar refractivity (Wildman–Crippen MR) is 289 cm³/mol. The van der Waals surface area contributed by atoms with E-state index in [4.69, 9.17) is 14.2 Å². The highest BCUT2D eigenvalue weighted by Gasteiger charge is 2.19. The molecule has 0 spiro atoms. The Morgan fingerprint density at radius 1 is 0.299 bits per heavy atom. The van der Waals surface area contributed by atoms with E-state index in [0.29, 0.717) is 19.3 Å². The maximum absolute atomic E-state index is 12.9. The van der Waals surface area contributed by atoms with E-state index < -0.39 is 6.10 Å². The zero-order valence-electron chi connectivity index (χ0n) is 44.7. The lowest BCUT2D eigenvalue weighted by atomic mass is 10.0. The van der Waals surface area contributed by atoms with Gasteiger partial charge in [0.25, 0.3) is 0 Å². The van der Waals surface area contributed by atoms with Gasteiger partial charge in [0.2, 0.25) is 0 Å². The maximum Gasteiger partial charge on any atom is 0.306 e. The summed E-state index contributed by atoms with van der Waals surface area (Å²) in [5.41, 5.74) is 0. The Morgan fingerprint density at radius 2 is 0.552 bits per heavy atom. The van der Waals surface area contributed by atoms with Crippen LogP contribution in [0, 0.1) is 0 Å². The number of allylic oxidation sites excluding steroid dienone is 8. The van der Waals surface area contributed by atoms with E-state index in [2.05, 4.69) is 69.4 Å². The van der Waals surface area contributed by atoms with Crippen LogP contribution < -0.4 is 0 Å². The molecule has 6 heteroatoms. The minimum atomic E-state index is -0.791. The summed E-state index contributed by atoms with van der Waals surface area (Å²) in [6.45, 7) is 6.61. The largest absolute Gasteiger partial charge is 0.462 e. The van der Waals surface area contributed by atoms with Crippen LogP contribution >= 0.6 is 0 Å². The number of carbonyl (C=O) groups excluding carboxylic acids is 3. The molecule has 0 aliphatic rings. The standard InChI is InChI=1S/C61H110O6/c1-4-7-10-13-16-19-22-25-28-31-34-36-39-42-45-48-51-54-60(63)66-57-58(67-61(64)55-52-49-46-43-40-37-33-30-27-24-21-18-15-12-9-6-3)56-65-59(62)53-50-47-44-41-38-35-32-29-26-23-20-17-14-11-8-5-2/h16,19,25,28,34,36,42,45,58H,4-15,17-18,20-24,26-27,29-33,35,37-41,43-44,46-57H2,1-3H3/b19-16-,28-25-,36-34-,45-42-/t58-/m1/s1. The first-order chi connectivity index (χ1) is 33.0. The van der Waals surface area contributed by atoms with Crippen LogP contribution in [0.5, 0.6) is 0 Å². The molecule has 0 aromatic rings. The van der Waals surface area contributed by atoms with Crippen molar-refractivity contribution in [2.45, 2.75) is 309 Å². The quantitative estimate of drug-likeness (QED) is 0.0262. The van der Waals surface area contributed by atoms with Gasteiger partial charge in [0.15, 0.2) is 6.10 Å². The predicted octanol–water partition coefficient (Wildman–Crippen LogP) is 19.4. The number of carbonyl (C=O) groups is 3. The van der Waals surface area contributed by atoms with Crippen LogP contribution in [0.1, 0.15) is 303 Å². The fourth-order valence-electron chi connectivity index (χ4n) is 8.44. The highest BCUT2D eigenvalue weighted by atomic mass is 16.6. The first-order valence-electron chi connectivity index (χ1n) is 29.1. The Bertz CT molecular complexity index is 1170. The molecule has 0 unspecified atom stereocenters. The molecule has 0 aliphatic carbocycles. The molecule has 0 rings (SSSR count). The van der Waals surface area contributed by atoms with Gasteiger partial charge in [-0.25, -0.2) is 0 Å². The second kappa shape index (κ2) is 56.0. The molecule has 0 saturated carbocycles. The number of unbranched alkanes of at least 4 members (excludes halogenated alkanes) is 34. The van der Waals surface area contributed by atoms with Crippen molar-refractivity contribution < 1.29 is 28.6 Å². The van der Waals surface area contributed by atoms with Gasteiger partial charge in [0.05, 0.1) is 0 Å². The van der Waals surface area contributed by atoms with Crippen molar-refractivity contribution in [1.82, 2.24) is 0 Å². The molecule has 0 N–H and O–H groups in total. The lowest BCUT2D eigenvalue weighted by Gasteiger charge is -2.18. The molecule has 0 aromatic heterocycles. The third-order valence-corrected chi connectivity index (χ3v) is 12.8. The lowest BCUT2D eigenvalue weighted by Crippen LogP contribution is -2.30. The van der Waals surface area contributed by atoms with Crippen molar-refractivity contribution in [3.05, 3.63) is 48.6 Å². The first kappa shape index (κ1) is 64.4. The van der Waals surface area contributed by atoms with E-state index in [9.17, 15) is 14.4 Å². The zero-order chi connectivity index (χ0) is 48.6. The average Bonchev–Trinajstić information content (AvgIpc) is 3.33. The Hall–Kier alpha value is -2.63. The average molecular weight is 940 g/mol. The number of hydrogen-bond donors (Lipinski definition) is 0. The number of rotatable bonds is 53. The van der Waals surface area contributed by atoms with E-state index in [1.807, 2.05) is 0 Å². The second-order valence-electron chi connectivity index (χ2n) is 19.6. The van der Waals surface area contributed by atoms with Crippen molar-refractivity contribution in [2.24, 2.45) is 0 Å². The molecule has 0 aromatic carbocycles. The minimum absolute atomic E-state index is 0.0854. The number of ether oxygens (including phenoxy) is 3. The second-order valence-corrected chi connectivity index (χ2v) is 19.6. The van der Waals surface area contributed by atoms with Gasteiger partial charge in [-0.1, -0.05) is 275 Å². The lowest BCUT2D eigenvalue weighted by molar-refractivity contribution is -0.167. The van der Waals surface area contributed by atoms with Crippen LogP contribution in [0.15, 0.2) is 48.6 Å². The molecule has 6 nitrogen and oxygen atoms in total. The van der Waals surface area contributed by atoms with E-state index in [-0.39, 0.29) is 37.5 Å². The summed E-state index contributed by atoms with van der Waals surface area (Å²) in [6.07, 6.45) is 68.2. The molecule has 0 radical (unpaired) electrons. The maximum atomic E-state index is 12.9. The van der Waals surface area contributed by atoms with Gasteiger partial charge in [0.1, 0.15) is 13.2 Å². The normalized spacial score (nSPS) is 12.3. The summed E-state index contributed by atoms with van der Waals surface area (Å²) in [6, 6.07) is 0. The smallest absolute Gasteiger partial charge is 0.306 e. The molecule has 0 fully saturated rings. The number of hydrogen-bond acceptors (Lipinski definition) is 6. The van der Waals surface area contributed by atoms with Crippen molar-refractivity contribution in [3.63, 3.8) is 0 Å². The van der Waals surface area contributed by atoms with Crippen LogP contribution in [0.4, 0.5) is 0 Å². The first-order valence-corrected chi connectivity index (χ1v) is 29.1. The minimum Gasteiger partial charge on any atom is -0.462 e. The van der Waals surface area contributed by atoms with Crippen molar-refractivity contribution in [3.8, 4) is 0 Å². The van der Waals surface area contributed by atoms with Crippen LogP contribution in [0.25, 0.3) is 0 Å². The summed E-state index contributed by atoms with van der Waals surface area (Å²) in [4.78, 5) is 38.1. The van der Waals surface area contributed by atoms with Crippen LogP contribution in [0.3, 0.4) is 0 Å². The van der Waals surface area contributed by atoms with E-state index in [0.717, 1.165) is 64.2 Å². The molecule has 0 heterocycles. The van der Waals surface area contributed by atoms with Gasteiger partial charge in [-0.05, 0) is 57.8 Å². The molecule has 0 aliphatic heterocycles. The van der Waals surface area contributed by atoms with Gasteiger partial charge in [-0.2, -0.15) is 0 Å². The van der Waals surface area contributed by atoms with Crippen molar-refractivity contribution in [1.29, 1.82) is 0 Å². The van der Waals surface area contributed by atoms with Crippen molar-refractivity contribution >= 4 is 17.9 Å². The zero-order valence-corrected chi connectivity index (χ0v) is 44.7. The van der Waals surface area contributed by atoms with Crippen LogP contribution in [-0.2, 0) is 28.6 Å². The molecule has 0 bridgehead atoms. The van der Waals surface area contributed by atoms with Gasteiger partial charge in [0, 0.05) is 19.3 Å². The van der Waals surface area contributed by atoms with Gasteiger partial charge in [-0.15, -0.1) is 0 Å². The Morgan fingerprint density at radius 3 is 0.896 bits per heavy atom. The molecular weight excluding hydrogens is 829 g/mol. The fraction of sp³-hybridized carbons (Fsp3) is 0.820. The molecule has 390 valence electrons. The van der Waals surface area contributed by atoms with E-state index in [1.165, 1.54) is 193 Å². The monoisotopic (exact) mass is 939 g/mol. The Balaban J connectivity index is 4.42. The summed E-state index contributed by atoms with van der Waals surface area (Å²) in [7, 11) is 0. The summed E-state index contributed by atoms with van der Waals surface area (Å²) < 4.78 is 16.8. The molecule has 1 atom stereocenters. The molecule has 0 amide bonds. The van der Waals surface area contributed by atoms with Gasteiger partial charge in [-0.3, -0.25) is 14.4 Å². The van der Waals surface area contributed by atoms with Crippen LogP contribution in [0.2, 0.25) is 0 Å². The molecular formula is C61H110O6. The van der Waals surface area contributed by atoms with Crippen molar-refractivity contribution in [2.75, 3.05) is 13.2 Å². The van der Waals surface area contributed by atoms with Gasteiger partial charge >= 0.3 is 17.9 Å². The van der Waals surface area contributed by atoms with Gasteiger partial charge < -0.3 is 14.2 Å². The third-order valence-electron chi connectivity index (χ3n) is 12.8. The fourth-order valence-corrected chi connectivity index (χ4v) is 8.44. The highest BCUT2D eigenvalue weighted by Crippen LogP contribution is 2.17. The highest BCUT2D eigenvalue weighted by molar-refractivity contribution is 5.71. The Labute approximate surface area is 416 Å². The molecule has 0 saturated heterocycles. The van der Waals surface area contributed by atoms with E-state index >= 15 is 0 Å². The number of esters is 3. The topological polar surface area (TPSA) is 78.9 Å². The summed E-state index contributed by atoms with van der Waals surface area (Å²) in [5.74, 6) is -0.926. The summed E-state index contributed by atoms with van der Waals surface area (Å²) in [5, 5.41) is 0. The molecule has 67 heavy (non-hydrogen) atoms. The third kappa shape index (κ3) is 54.2. The van der Waals surface area contributed by atoms with E-state index in [1.54, 1.807) is 0 Å².